The van der Waals surface area contributed by atoms with Gasteiger partial charge in [-0.2, -0.15) is 0 Å². The van der Waals surface area contributed by atoms with E-state index in [2.05, 4.69) is 16.6 Å². The molecule has 1 heterocycles. The third kappa shape index (κ3) is 2.78. The Labute approximate surface area is 134 Å². The fourth-order valence-corrected chi connectivity index (χ4v) is 2.83. The highest BCUT2D eigenvalue weighted by molar-refractivity contribution is 6.10. The van der Waals surface area contributed by atoms with Crippen LogP contribution >= 0.6 is 0 Å². The minimum absolute atomic E-state index is 0.166. The second kappa shape index (κ2) is 5.43. The van der Waals surface area contributed by atoms with Gasteiger partial charge in [0.25, 0.3) is 5.91 Å². The summed E-state index contributed by atoms with van der Waals surface area (Å²) in [6.07, 6.45) is 7.15. The van der Waals surface area contributed by atoms with Gasteiger partial charge < -0.3 is 10.6 Å². The molecule has 1 unspecified atom stereocenters. The molecular formula is C17H17N3O3. The largest absolute Gasteiger partial charge is 0.325 e. The highest BCUT2D eigenvalue weighted by atomic mass is 16.2. The maximum atomic E-state index is 12.4. The van der Waals surface area contributed by atoms with Crippen LogP contribution in [0.2, 0.25) is 0 Å². The van der Waals surface area contributed by atoms with E-state index in [1.54, 1.807) is 31.2 Å². The molecule has 1 atom stereocenters. The maximum Gasteiger partial charge on any atom is 0.325 e. The molecule has 3 rings (SSSR count). The van der Waals surface area contributed by atoms with Crippen LogP contribution in [0.4, 0.5) is 10.5 Å². The van der Waals surface area contributed by atoms with Gasteiger partial charge in [-0.3, -0.25) is 14.5 Å². The van der Waals surface area contributed by atoms with Gasteiger partial charge in [0.2, 0.25) is 5.91 Å². The summed E-state index contributed by atoms with van der Waals surface area (Å²) < 4.78 is 0. The van der Waals surface area contributed by atoms with Gasteiger partial charge in [-0.25, -0.2) is 4.79 Å². The fraction of sp³-hybridized carbons (Fsp3) is 0.353. The van der Waals surface area contributed by atoms with Crippen molar-refractivity contribution >= 4 is 23.5 Å². The van der Waals surface area contributed by atoms with Crippen LogP contribution in [-0.4, -0.2) is 34.8 Å². The molecule has 23 heavy (non-hydrogen) atoms. The normalized spacial score (nSPS) is 23.4. The van der Waals surface area contributed by atoms with Crippen molar-refractivity contribution in [2.75, 3.05) is 11.9 Å². The average molecular weight is 311 g/mol. The zero-order chi connectivity index (χ0) is 16.6. The first kappa shape index (κ1) is 15.1. The molecule has 118 valence electrons. The molecule has 1 aliphatic heterocycles. The number of hydrogen-bond acceptors (Lipinski definition) is 3. The number of amides is 4. The number of carbonyl (C=O) groups excluding carboxylic acids is 3. The molecule has 0 radical (unpaired) electrons. The Kier molecular flexibility index (Phi) is 3.57. The summed E-state index contributed by atoms with van der Waals surface area (Å²) in [5.41, 5.74) is 0.294. The van der Waals surface area contributed by atoms with E-state index in [-0.39, 0.29) is 18.4 Å². The lowest BCUT2D eigenvalue weighted by molar-refractivity contribution is -0.134. The van der Waals surface area contributed by atoms with Crippen molar-refractivity contribution in [3.8, 4) is 12.3 Å². The van der Waals surface area contributed by atoms with Crippen molar-refractivity contribution in [1.82, 2.24) is 10.2 Å². The summed E-state index contributed by atoms with van der Waals surface area (Å²) in [4.78, 5) is 37.5. The van der Waals surface area contributed by atoms with Gasteiger partial charge in [0.1, 0.15) is 12.1 Å². The van der Waals surface area contributed by atoms with Gasteiger partial charge in [0.05, 0.1) is 0 Å². The highest BCUT2D eigenvalue weighted by Gasteiger charge is 2.56. The third-order valence-corrected chi connectivity index (χ3v) is 4.31. The summed E-state index contributed by atoms with van der Waals surface area (Å²) in [5.74, 6) is 1.87. The summed E-state index contributed by atoms with van der Waals surface area (Å²) >= 11 is 0. The van der Waals surface area contributed by atoms with E-state index in [4.69, 9.17) is 6.42 Å². The number of urea groups is 1. The topological polar surface area (TPSA) is 78.5 Å². The number of terminal acetylenes is 1. The molecule has 2 aliphatic rings. The Hall–Kier alpha value is -2.81. The average Bonchev–Trinajstić information content (AvgIpc) is 3.34. The Bertz CT molecular complexity index is 733. The number of nitrogens with one attached hydrogen (secondary N) is 2. The van der Waals surface area contributed by atoms with Gasteiger partial charge in [-0.05, 0) is 43.9 Å². The smallest absolute Gasteiger partial charge is 0.324 e. The number of hydrogen-bond donors (Lipinski definition) is 2. The van der Waals surface area contributed by atoms with Gasteiger partial charge >= 0.3 is 6.03 Å². The van der Waals surface area contributed by atoms with Crippen LogP contribution in [0.25, 0.3) is 0 Å². The van der Waals surface area contributed by atoms with Gasteiger partial charge in [0, 0.05) is 11.3 Å². The molecule has 1 aliphatic carbocycles. The number of imide groups is 1. The van der Waals surface area contributed by atoms with E-state index < -0.39 is 17.5 Å². The number of nitrogens with zero attached hydrogens (tertiary/aromatic N) is 1. The standard InChI is InChI=1S/C17H17N3O3/c1-3-11-5-4-6-13(9-11)18-14(21)10-20-15(22)17(2,12-7-8-12)19-16(20)23/h1,4-6,9,12H,7-8,10H2,2H3,(H,18,21)(H,19,23). The van der Waals surface area contributed by atoms with Crippen LogP contribution in [0.1, 0.15) is 25.3 Å². The van der Waals surface area contributed by atoms with Crippen LogP contribution in [0, 0.1) is 18.3 Å². The van der Waals surface area contributed by atoms with E-state index >= 15 is 0 Å². The van der Waals surface area contributed by atoms with Gasteiger partial charge in [-0.1, -0.05) is 12.0 Å². The third-order valence-electron chi connectivity index (χ3n) is 4.31. The zero-order valence-corrected chi connectivity index (χ0v) is 12.8. The lowest BCUT2D eigenvalue weighted by Gasteiger charge is -2.20. The van der Waals surface area contributed by atoms with Crippen molar-refractivity contribution in [3.05, 3.63) is 29.8 Å². The first-order valence-electron chi connectivity index (χ1n) is 7.44. The van der Waals surface area contributed by atoms with Crippen molar-refractivity contribution in [1.29, 1.82) is 0 Å². The monoisotopic (exact) mass is 311 g/mol. The van der Waals surface area contributed by atoms with Crippen molar-refractivity contribution in [2.24, 2.45) is 5.92 Å². The molecule has 1 aromatic rings. The molecule has 2 fully saturated rings. The van der Waals surface area contributed by atoms with Gasteiger partial charge in [0.15, 0.2) is 0 Å². The minimum atomic E-state index is -0.874. The molecule has 6 heteroatoms. The minimum Gasteiger partial charge on any atom is -0.324 e. The number of carbonyl (C=O) groups is 3. The quantitative estimate of drug-likeness (QED) is 0.650. The van der Waals surface area contributed by atoms with Crippen LogP contribution in [0.15, 0.2) is 24.3 Å². The lowest BCUT2D eigenvalue weighted by Crippen LogP contribution is -2.46. The van der Waals surface area contributed by atoms with E-state index in [9.17, 15) is 14.4 Å². The Balaban J connectivity index is 1.67. The number of rotatable bonds is 4. The number of anilines is 1. The molecule has 4 amide bonds. The predicted molar refractivity (Wildman–Crippen MR) is 84.4 cm³/mol. The van der Waals surface area contributed by atoms with Crippen molar-refractivity contribution in [2.45, 2.75) is 25.3 Å². The van der Waals surface area contributed by atoms with Crippen LogP contribution in [0.5, 0.6) is 0 Å². The van der Waals surface area contributed by atoms with Gasteiger partial charge in [-0.15, -0.1) is 6.42 Å². The molecular weight excluding hydrogens is 294 g/mol. The molecule has 2 N–H and O–H groups in total. The van der Waals surface area contributed by atoms with Crippen LogP contribution < -0.4 is 10.6 Å². The SMILES string of the molecule is C#Cc1cccc(NC(=O)CN2C(=O)NC(C)(C3CC3)C2=O)c1. The molecule has 0 spiro atoms. The van der Waals surface area contributed by atoms with E-state index in [0.717, 1.165) is 17.7 Å². The maximum absolute atomic E-state index is 12.4. The van der Waals surface area contributed by atoms with E-state index in [0.29, 0.717) is 11.3 Å². The van der Waals surface area contributed by atoms with Crippen molar-refractivity contribution < 1.29 is 14.4 Å². The van der Waals surface area contributed by atoms with E-state index in [1.807, 2.05) is 0 Å². The summed E-state index contributed by atoms with van der Waals surface area (Å²) in [6, 6.07) is 6.30. The Morgan fingerprint density at radius 1 is 1.48 bits per heavy atom. The van der Waals surface area contributed by atoms with Crippen LogP contribution in [0.3, 0.4) is 0 Å². The summed E-state index contributed by atoms with van der Waals surface area (Å²) in [5, 5.41) is 5.36. The highest BCUT2D eigenvalue weighted by Crippen LogP contribution is 2.42. The van der Waals surface area contributed by atoms with Crippen LogP contribution in [-0.2, 0) is 9.59 Å². The lowest BCUT2D eigenvalue weighted by atomic mass is 9.96. The molecule has 1 aromatic carbocycles. The number of benzene rings is 1. The zero-order valence-electron chi connectivity index (χ0n) is 12.8. The molecule has 0 bridgehead atoms. The predicted octanol–water partition coefficient (Wildman–Crippen LogP) is 1.33. The van der Waals surface area contributed by atoms with E-state index in [1.165, 1.54) is 0 Å². The summed E-state index contributed by atoms with van der Waals surface area (Å²) in [6.45, 7) is 1.41. The second-order valence-electron chi connectivity index (χ2n) is 6.07. The Morgan fingerprint density at radius 2 is 2.22 bits per heavy atom. The first-order chi connectivity index (χ1) is 10.9. The Morgan fingerprint density at radius 3 is 2.87 bits per heavy atom. The fourth-order valence-electron chi connectivity index (χ4n) is 2.83. The molecule has 1 saturated heterocycles. The summed E-state index contributed by atoms with van der Waals surface area (Å²) in [7, 11) is 0. The molecule has 0 aromatic heterocycles. The second-order valence-corrected chi connectivity index (χ2v) is 6.07. The molecule has 6 nitrogen and oxygen atoms in total. The van der Waals surface area contributed by atoms with Crippen molar-refractivity contribution in [3.63, 3.8) is 0 Å². The molecule has 1 saturated carbocycles. The first-order valence-corrected chi connectivity index (χ1v) is 7.44.